The molecule has 0 aromatic heterocycles. The van der Waals surface area contributed by atoms with Crippen LogP contribution < -0.4 is 0 Å². The van der Waals surface area contributed by atoms with Gasteiger partial charge in [-0.25, -0.2) is 0 Å². The summed E-state index contributed by atoms with van der Waals surface area (Å²) in [5.41, 5.74) is 0.564. The van der Waals surface area contributed by atoms with Crippen LogP contribution in [0, 0.1) is 10.1 Å². The third-order valence-electron chi connectivity index (χ3n) is 1.46. The van der Waals surface area contributed by atoms with Gasteiger partial charge in [-0.1, -0.05) is 39.1 Å². The molecule has 0 aliphatic carbocycles. The minimum Gasteiger partial charge on any atom is -0.258 e. The number of hydrogen-bond acceptors (Lipinski definition) is 2. The molecule has 3 nitrogen and oxygen atoms in total. The molecule has 0 radical (unpaired) electrons. The Hall–Kier alpha value is -0.320. The Morgan fingerprint density at radius 3 is 2.46 bits per heavy atom. The summed E-state index contributed by atoms with van der Waals surface area (Å²) in [7, 11) is 0. The van der Waals surface area contributed by atoms with Crippen LogP contribution in [0.4, 0.5) is 5.69 Å². The Balaban J connectivity index is 3.28. The van der Waals surface area contributed by atoms with Gasteiger partial charge in [-0.15, -0.1) is 0 Å². The van der Waals surface area contributed by atoms with Crippen LogP contribution in [0.15, 0.2) is 12.1 Å². The van der Waals surface area contributed by atoms with Gasteiger partial charge in [0.2, 0.25) is 0 Å². The molecule has 0 heterocycles. The highest BCUT2D eigenvalue weighted by Crippen LogP contribution is 2.31. The minimum atomic E-state index is -0.563. The SMILES string of the molecule is O=[N+]([O-])c1cc(Cl)c(CBr)cc1Cl. The van der Waals surface area contributed by atoms with Gasteiger partial charge in [0.15, 0.2) is 0 Å². The third-order valence-corrected chi connectivity index (χ3v) is 2.72. The van der Waals surface area contributed by atoms with E-state index in [1.54, 1.807) is 0 Å². The van der Waals surface area contributed by atoms with Gasteiger partial charge < -0.3 is 0 Å². The lowest BCUT2D eigenvalue weighted by Gasteiger charge is -2.01. The second-order valence-electron chi connectivity index (χ2n) is 2.29. The van der Waals surface area contributed by atoms with E-state index in [-0.39, 0.29) is 10.7 Å². The van der Waals surface area contributed by atoms with Crippen LogP contribution in [0.25, 0.3) is 0 Å². The summed E-state index contributed by atoms with van der Waals surface area (Å²) in [5, 5.41) is 11.4. The molecule has 0 saturated carbocycles. The third kappa shape index (κ3) is 2.33. The molecular weight excluding hydrogens is 281 g/mol. The molecule has 1 aromatic carbocycles. The minimum absolute atomic E-state index is 0.101. The fourth-order valence-corrected chi connectivity index (χ4v) is 1.93. The van der Waals surface area contributed by atoms with Gasteiger partial charge in [-0.2, -0.15) is 0 Å². The highest BCUT2D eigenvalue weighted by Gasteiger charge is 2.15. The van der Waals surface area contributed by atoms with E-state index in [1.165, 1.54) is 12.1 Å². The van der Waals surface area contributed by atoms with Gasteiger partial charge in [0, 0.05) is 11.4 Å². The van der Waals surface area contributed by atoms with Crippen LogP contribution in [-0.4, -0.2) is 4.92 Å². The molecule has 0 saturated heterocycles. The quantitative estimate of drug-likeness (QED) is 0.471. The number of hydrogen-bond donors (Lipinski definition) is 0. The maximum Gasteiger partial charge on any atom is 0.289 e. The first-order chi connectivity index (χ1) is 6.06. The molecule has 0 bridgehead atoms. The van der Waals surface area contributed by atoms with E-state index >= 15 is 0 Å². The van der Waals surface area contributed by atoms with Gasteiger partial charge in [-0.05, 0) is 11.6 Å². The first-order valence-corrected chi connectivity index (χ1v) is 5.12. The Bertz CT molecular complexity index is 357. The number of nitro benzene ring substituents is 1. The fraction of sp³-hybridized carbons (Fsp3) is 0.143. The van der Waals surface area contributed by atoms with Crippen molar-refractivity contribution in [2.75, 3.05) is 0 Å². The standard InChI is InChI=1S/C7H4BrCl2NO2/c8-3-4-1-6(10)7(11(12)13)2-5(4)9/h1-2H,3H2. The largest absolute Gasteiger partial charge is 0.289 e. The molecule has 6 heteroatoms. The second kappa shape index (κ2) is 4.26. The van der Waals surface area contributed by atoms with E-state index in [2.05, 4.69) is 15.9 Å². The lowest BCUT2D eigenvalue weighted by atomic mass is 10.2. The fourth-order valence-electron chi connectivity index (χ4n) is 0.820. The number of halogens is 3. The molecule has 13 heavy (non-hydrogen) atoms. The molecule has 0 amide bonds. The summed E-state index contributed by atoms with van der Waals surface area (Å²) in [6.45, 7) is 0. The number of nitro groups is 1. The molecular formula is C7H4BrCl2NO2. The summed E-state index contributed by atoms with van der Waals surface area (Å²) in [5.74, 6) is 0. The predicted molar refractivity (Wildman–Crippen MR) is 55.7 cm³/mol. The zero-order valence-corrected chi connectivity index (χ0v) is 9.36. The molecule has 0 unspecified atom stereocenters. The highest BCUT2D eigenvalue weighted by atomic mass is 79.9. The summed E-state index contributed by atoms with van der Waals surface area (Å²) < 4.78 is 0. The molecule has 1 aromatic rings. The topological polar surface area (TPSA) is 43.1 Å². The van der Waals surface area contributed by atoms with Crippen molar-refractivity contribution in [3.05, 3.63) is 37.9 Å². The molecule has 0 N–H and O–H groups in total. The van der Waals surface area contributed by atoms with Gasteiger partial charge in [0.05, 0.1) is 9.95 Å². The van der Waals surface area contributed by atoms with Crippen LogP contribution in [0.3, 0.4) is 0 Å². The van der Waals surface area contributed by atoms with Gasteiger partial charge in [0.25, 0.3) is 5.69 Å². The van der Waals surface area contributed by atoms with Crippen LogP contribution in [0.2, 0.25) is 10.0 Å². The van der Waals surface area contributed by atoms with E-state index in [1.807, 2.05) is 0 Å². The van der Waals surface area contributed by atoms with Crippen molar-refractivity contribution >= 4 is 44.8 Å². The van der Waals surface area contributed by atoms with E-state index < -0.39 is 4.92 Å². The zero-order chi connectivity index (χ0) is 10.0. The number of benzene rings is 1. The van der Waals surface area contributed by atoms with E-state index in [4.69, 9.17) is 23.2 Å². The Labute approximate surface area is 92.9 Å². The summed E-state index contributed by atoms with van der Waals surface area (Å²) in [6, 6.07) is 2.73. The average Bonchev–Trinajstić information content (AvgIpc) is 2.07. The zero-order valence-electron chi connectivity index (χ0n) is 6.26. The normalized spacial score (nSPS) is 10.1. The van der Waals surface area contributed by atoms with E-state index in [0.717, 1.165) is 5.56 Å². The average molecular weight is 285 g/mol. The first-order valence-electron chi connectivity index (χ1n) is 3.24. The monoisotopic (exact) mass is 283 g/mol. The van der Waals surface area contributed by atoms with E-state index in [0.29, 0.717) is 10.4 Å². The Morgan fingerprint density at radius 1 is 1.38 bits per heavy atom. The number of alkyl halides is 1. The summed E-state index contributed by atoms with van der Waals surface area (Å²) in [4.78, 5) is 9.86. The molecule has 1 rings (SSSR count). The van der Waals surface area contributed by atoms with Crippen molar-refractivity contribution in [2.24, 2.45) is 0 Å². The van der Waals surface area contributed by atoms with Crippen LogP contribution in [0.1, 0.15) is 5.56 Å². The highest BCUT2D eigenvalue weighted by molar-refractivity contribution is 9.08. The van der Waals surface area contributed by atoms with Gasteiger partial charge >= 0.3 is 0 Å². The van der Waals surface area contributed by atoms with Crippen LogP contribution >= 0.6 is 39.1 Å². The Morgan fingerprint density at radius 2 is 2.00 bits per heavy atom. The van der Waals surface area contributed by atoms with Crippen molar-refractivity contribution in [2.45, 2.75) is 5.33 Å². The van der Waals surface area contributed by atoms with Crippen molar-refractivity contribution in [1.29, 1.82) is 0 Å². The molecule has 0 aliphatic heterocycles. The maximum absolute atomic E-state index is 10.4. The van der Waals surface area contributed by atoms with Crippen molar-refractivity contribution in [1.82, 2.24) is 0 Å². The number of rotatable bonds is 2. The predicted octanol–water partition coefficient (Wildman–Crippen LogP) is 3.80. The van der Waals surface area contributed by atoms with Gasteiger partial charge in [0.1, 0.15) is 5.02 Å². The molecule has 0 aliphatic rings. The molecule has 70 valence electrons. The summed E-state index contributed by atoms with van der Waals surface area (Å²) >= 11 is 14.6. The lowest BCUT2D eigenvalue weighted by molar-refractivity contribution is -0.384. The number of nitrogens with zero attached hydrogens (tertiary/aromatic N) is 1. The maximum atomic E-state index is 10.4. The van der Waals surface area contributed by atoms with Crippen molar-refractivity contribution in [3.8, 4) is 0 Å². The van der Waals surface area contributed by atoms with Gasteiger partial charge in [-0.3, -0.25) is 10.1 Å². The molecule has 0 spiro atoms. The lowest BCUT2D eigenvalue weighted by Crippen LogP contribution is -1.91. The van der Waals surface area contributed by atoms with Crippen LogP contribution in [0.5, 0.6) is 0 Å². The van der Waals surface area contributed by atoms with Crippen molar-refractivity contribution in [3.63, 3.8) is 0 Å². The first kappa shape index (κ1) is 10.8. The summed E-state index contributed by atoms with van der Waals surface area (Å²) in [6.07, 6.45) is 0. The smallest absolute Gasteiger partial charge is 0.258 e. The Kier molecular flexibility index (Phi) is 3.53. The molecule has 0 atom stereocenters. The molecule has 0 fully saturated rings. The van der Waals surface area contributed by atoms with Crippen molar-refractivity contribution < 1.29 is 4.92 Å². The second-order valence-corrected chi connectivity index (χ2v) is 3.66. The van der Waals surface area contributed by atoms with E-state index in [9.17, 15) is 10.1 Å². The van der Waals surface area contributed by atoms with Crippen LogP contribution in [-0.2, 0) is 5.33 Å².